The highest BCUT2D eigenvalue weighted by Gasteiger charge is 2.38. The minimum absolute atomic E-state index is 0.470. The summed E-state index contributed by atoms with van der Waals surface area (Å²) in [6.45, 7) is 0. The summed E-state index contributed by atoms with van der Waals surface area (Å²) in [4.78, 5) is 0. The third-order valence-electron chi connectivity index (χ3n) is 3.91. The van der Waals surface area contributed by atoms with Crippen molar-refractivity contribution in [2.45, 2.75) is 18.4 Å². The Bertz CT molecular complexity index is 734. The van der Waals surface area contributed by atoms with Gasteiger partial charge >= 0.3 is 0 Å². The second kappa shape index (κ2) is 4.60. The summed E-state index contributed by atoms with van der Waals surface area (Å²) in [5.41, 5.74) is 1.40. The summed E-state index contributed by atoms with van der Waals surface area (Å²) in [6, 6.07) is 19.3. The van der Waals surface area contributed by atoms with Crippen molar-refractivity contribution in [3.63, 3.8) is 0 Å². The Hall–Kier alpha value is -2.42. The van der Waals surface area contributed by atoms with Gasteiger partial charge in [-0.25, -0.2) is 0 Å². The predicted octanol–water partition coefficient (Wildman–Crippen LogP) is 3.60. The van der Waals surface area contributed by atoms with E-state index in [1.165, 1.54) is 5.56 Å². The molecular weight excluding hydrogens is 246 g/mol. The lowest BCUT2D eigenvalue weighted by atomic mass is 10.1. The minimum Gasteiger partial charge on any atom is -0.365 e. The van der Waals surface area contributed by atoms with Crippen LogP contribution >= 0.6 is 0 Å². The average Bonchev–Trinajstić information content (AvgIpc) is 3.28. The van der Waals surface area contributed by atoms with Gasteiger partial charge in [-0.1, -0.05) is 54.6 Å². The number of hydrogen-bond acceptors (Lipinski definition) is 3. The molecule has 2 atom stereocenters. The molecule has 98 valence electrons. The molecule has 0 aliphatic heterocycles. The minimum atomic E-state index is 0.470. The molecule has 3 heteroatoms. The molecule has 1 heterocycles. The van der Waals surface area contributed by atoms with Crippen LogP contribution < -0.4 is 5.32 Å². The SMILES string of the molecule is c1ccc(C2CC2Nc2nncc3ccccc23)cc1. The average molecular weight is 261 g/mol. The number of rotatable bonds is 3. The van der Waals surface area contributed by atoms with E-state index in [9.17, 15) is 0 Å². The molecule has 4 rings (SSSR count). The maximum atomic E-state index is 4.25. The first kappa shape index (κ1) is 11.4. The normalized spacial score (nSPS) is 20.8. The van der Waals surface area contributed by atoms with Crippen molar-refractivity contribution in [2.75, 3.05) is 5.32 Å². The molecular formula is C17H15N3. The molecule has 0 amide bonds. The summed E-state index contributed by atoms with van der Waals surface area (Å²) < 4.78 is 0. The van der Waals surface area contributed by atoms with Crippen LogP contribution in [0.4, 0.5) is 5.82 Å². The van der Waals surface area contributed by atoms with Crippen LogP contribution in [0.25, 0.3) is 10.8 Å². The molecule has 1 aliphatic rings. The van der Waals surface area contributed by atoms with E-state index in [0.717, 1.165) is 23.0 Å². The van der Waals surface area contributed by atoms with E-state index >= 15 is 0 Å². The Morgan fingerprint density at radius 1 is 0.950 bits per heavy atom. The smallest absolute Gasteiger partial charge is 0.156 e. The molecule has 2 unspecified atom stereocenters. The van der Waals surface area contributed by atoms with Crippen LogP contribution in [0, 0.1) is 0 Å². The Balaban J connectivity index is 1.58. The Morgan fingerprint density at radius 3 is 2.65 bits per heavy atom. The highest BCUT2D eigenvalue weighted by Crippen LogP contribution is 2.43. The van der Waals surface area contributed by atoms with Crippen molar-refractivity contribution in [2.24, 2.45) is 0 Å². The quantitative estimate of drug-likeness (QED) is 0.782. The van der Waals surface area contributed by atoms with Crippen LogP contribution in [0.2, 0.25) is 0 Å². The zero-order valence-corrected chi connectivity index (χ0v) is 11.0. The number of anilines is 1. The molecule has 0 bridgehead atoms. The van der Waals surface area contributed by atoms with Crippen LogP contribution in [0.1, 0.15) is 17.9 Å². The van der Waals surface area contributed by atoms with Crippen LogP contribution in [0.3, 0.4) is 0 Å². The first-order valence-corrected chi connectivity index (χ1v) is 6.94. The van der Waals surface area contributed by atoms with Gasteiger partial charge in [0.1, 0.15) is 0 Å². The topological polar surface area (TPSA) is 37.8 Å². The van der Waals surface area contributed by atoms with Crippen LogP contribution in [0.5, 0.6) is 0 Å². The summed E-state index contributed by atoms with van der Waals surface area (Å²) in [7, 11) is 0. The van der Waals surface area contributed by atoms with Crippen molar-refractivity contribution in [1.29, 1.82) is 0 Å². The number of aromatic nitrogens is 2. The molecule has 2 aromatic carbocycles. The fourth-order valence-corrected chi connectivity index (χ4v) is 2.73. The number of benzene rings is 2. The summed E-state index contributed by atoms with van der Waals surface area (Å²) in [5, 5.41) is 14.1. The third-order valence-corrected chi connectivity index (χ3v) is 3.91. The van der Waals surface area contributed by atoms with Gasteiger partial charge in [-0.05, 0) is 12.0 Å². The molecule has 0 spiro atoms. The lowest BCUT2D eigenvalue weighted by Gasteiger charge is -2.07. The maximum absolute atomic E-state index is 4.25. The molecule has 1 saturated carbocycles. The van der Waals surface area contributed by atoms with Gasteiger partial charge < -0.3 is 5.32 Å². The number of nitrogens with one attached hydrogen (secondary N) is 1. The van der Waals surface area contributed by atoms with Gasteiger partial charge in [-0.3, -0.25) is 0 Å². The fraction of sp³-hybridized carbons (Fsp3) is 0.176. The van der Waals surface area contributed by atoms with Crippen molar-refractivity contribution >= 4 is 16.6 Å². The molecule has 1 aromatic heterocycles. The van der Waals surface area contributed by atoms with Gasteiger partial charge in [0.2, 0.25) is 0 Å². The second-order valence-corrected chi connectivity index (χ2v) is 5.28. The van der Waals surface area contributed by atoms with Crippen LogP contribution in [0.15, 0.2) is 60.8 Å². The van der Waals surface area contributed by atoms with E-state index in [4.69, 9.17) is 0 Å². The largest absolute Gasteiger partial charge is 0.365 e. The number of nitrogens with zero attached hydrogens (tertiary/aromatic N) is 2. The molecule has 0 saturated heterocycles. The molecule has 1 fully saturated rings. The maximum Gasteiger partial charge on any atom is 0.156 e. The van der Waals surface area contributed by atoms with Gasteiger partial charge in [0, 0.05) is 22.7 Å². The lowest BCUT2D eigenvalue weighted by Crippen LogP contribution is -2.07. The molecule has 3 aromatic rings. The zero-order valence-electron chi connectivity index (χ0n) is 11.0. The summed E-state index contributed by atoms with van der Waals surface area (Å²) >= 11 is 0. The zero-order chi connectivity index (χ0) is 13.4. The van der Waals surface area contributed by atoms with E-state index < -0.39 is 0 Å². The Morgan fingerprint density at radius 2 is 1.75 bits per heavy atom. The van der Waals surface area contributed by atoms with Gasteiger partial charge in [-0.2, -0.15) is 5.10 Å². The first-order chi connectivity index (χ1) is 9.92. The predicted molar refractivity (Wildman–Crippen MR) is 80.7 cm³/mol. The van der Waals surface area contributed by atoms with Gasteiger partial charge in [0.25, 0.3) is 0 Å². The van der Waals surface area contributed by atoms with Gasteiger partial charge in [0.05, 0.1) is 6.20 Å². The standard InChI is InChI=1S/C17H15N3/c1-2-6-12(7-3-1)15-10-16(15)19-17-14-9-5-4-8-13(14)11-18-20-17/h1-9,11,15-16H,10H2,(H,19,20). The van der Waals surface area contributed by atoms with Crippen LogP contribution in [-0.2, 0) is 0 Å². The highest BCUT2D eigenvalue weighted by atomic mass is 15.2. The van der Waals surface area contributed by atoms with E-state index in [-0.39, 0.29) is 0 Å². The van der Waals surface area contributed by atoms with Crippen LogP contribution in [-0.4, -0.2) is 16.2 Å². The molecule has 0 radical (unpaired) electrons. The van der Waals surface area contributed by atoms with Crippen molar-refractivity contribution in [3.05, 3.63) is 66.4 Å². The molecule has 3 nitrogen and oxygen atoms in total. The van der Waals surface area contributed by atoms with Gasteiger partial charge in [-0.15, -0.1) is 5.10 Å². The summed E-state index contributed by atoms with van der Waals surface area (Å²) in [5.74, 6) is 1.49. The van der Waals surface area contributed by atoms with E-state index in [1.807, 2.05) is 18.3 Å². The summed E-state index contributed by atoms with van der Waals surface area (Å²) in [6.07, 6.45) is 2.97. The van der Waals surface area contributed by atoms with Gasteiger partial charge in [0.15, 0.2) is 5.82 Å². The highest BCUT2D eigenvalue weighted by molar-refractivity contribution is 5.91. The monoisotopic (exact) mass is 261 g/mol. The van der Waals surface area contributed by atoms with E-state index in [2.05, 4.69) is 58.0 Å². The molecule has 20 heavy (non-hydrogen) atoms. The fourth-order valence-electron chi connectivity index (χ4n) is 2.73. The number of hydrogen-bond donors (Lipinski definition) is 1. The van der Waals surface area contributed by atoms with Crippen molar-refractivity contribution in [3.8, 4) is 0 Å². The molecule has 1 aliphatic carbocycles. The Kier molecular flexibility index (Phi) is 2.62. The van der Waals surface area contributed by atoms with Crippen molar-refractivity contribution in [1.82, 2.24) is 10.2 Å². The lowest BCUT2D eigenvalue weighted by molar-refractivity contribution is 0.989. The first-order valence-electron chi connectivity index (χ1n) is 6.94. The second-order valence-electron chi connectivity index (χ2n) is 5.28. The molecule has 1 N–H and O–H groups in total. The third kappa shape index (κ3) is 2.01. The van der Waals surface area contributed by atoms with E-state index in [1.54, 1.807) is 0 Å². The number of fused-ring (bicyclic) bond motifs is 1. The van der Waals surface area contributed by atoms with Crippen molar-refractivity contribution < 1.29 is 0 Å². The Labute approximate surface area is 117 Å². The van der Waals surface area contributed by atoms with E-state index in [0.29, 0.717) is 12.0 Å².